The highest BCUT2D eigenvalue weighted by atomic mass is 16.5. The van der Waals surface area contributed by atoms with Crippen molar-refractivity contribution in [1.82, 2.24) is 19.7 Å². The molecular formula is C25H25N5O. The van der Waals surface area contributed by atoms with Gasteiger partial charge in [-0.1, -0.05) is 30.3 Å². The molecule has 0 bridgehead atoms. The molecule has 156 valence electrons. The van der Waals surface area contributed by atoms with Crippen LogP contribution in [0, 0.1) is 0 Å². The number of aromatic nitrogens is 4. The largest absolute Gasteiger partial charge is 0.487 e. The zero-order valence-electron chi connectivity index (χ0n) is 17.3. The van der Waals surface area contributed by atoms with Gasteiger partial charge in [0.05, 0.1) is 5.69 Å². The van der Waals surface area contributed by atoms with Crippen LogP contribution in [0.1, 0.15) is 35.0 Å². The summed E-state index contributed by atoms with van der Waals surface area (Å²) in [5.74, 6) is 2.47. The Balaban J connectivity index is 1.16. The van der Waals surface area contributed by atoms with Gasteiger partial charge in [-0.2, -0.15) is 0 Å². The van der Waals surface area contributed by atoms with Crippen LogP contribution in [-0.2, 0) is 26.1 Å². The molecule has 31 heavy (non-hydrogen) atoms. The maximum atomic E-state index is 5.89. The highest BCUT2D eigenvalue weighted by molar-refractivity contribution is 5.46. The highest BCUT2D eigenvalue weighted by Crippen LogP contribution is 2.28. The van der Waals surface area contributed by atoms with Gasteiger partial charge in [0, 0.05) is 37.3 Å². The number of fused-ring (bicyclic) bond motifs is 1. The van der Waals surface area contributed by atoms with Gasteiger partial charge in [-0.15, -0.1) is 10.2 Å². The zero-order valence-corrected chi connectivity index (χ0v) is 17.3. The van der Waals surface area contributed by atoms with Gasteiger partial charge in [0.1, 0.15) is 24.5 Å². The molecule has 0 saturated carbocycles. The fourth-order valence-corrected chi connectivity index (χ4v) is 3.99. The van der Waals surface area contributed by atoms with Gasteiger partial charge < -0.3 is 14.6 Å². The fourth-order valence-electron chi connectivity index (χ4n) is 3.99. The number of benzene rings is 2. The highest BCUT2D eigenvalue weighted by Gasteiger charge is 2.20. The first-order valence-corrected chi connectivity index (χ1v) is 10.7. The predicted octanol–water partition coefficient (Wildman–Crippen LogP) is 4.59. The molecule has 6 heteroatoms. The van der Waals surface area contributed by atoms with Crippen LogP contribution < -0.4 is 10.1 Å². The summed E-state index contributed by atoms with van der Waals surface area (Å²) >= 11 is 0. The average molecular weight is 412 g/mol. The van der Waals surface area contributed by atoms with Crippen molar-refractivity contribution in [3.63, 3.8) is 0 Å². The van der Waals surface area contributed by atoms with E-state index in [0.29, 0.717) is 12.5 Å². The Bertz CT molecular complexity index is 1120. The summed E-state index contributed by atoms with van der Waals surface area (Å²) in [7, 11) is 0. The Hall–Kier alpha value is -3.67. The SMILES string of the molecule is c1ccc(COc2cccc(CNc3ccc([C@@H]4CCc5nncn5C4)cc3)c2)nc1. The van der Waals surface area contributed by atoms with Crippen LogP contribution in [0.3, 0.4) is 0 Å². The zero-order chi connectivity index (χ0) is 20.9. The summed E-state index contributed by atoms with van der Waals surface area (Å²) in [6.45, 7) is 2.17. The number of hydrogen-bond donors (Lipinski definition) is 1. The number of rotatable bonds is 7. The summed E-state index contributed by atoms with van der Waals surface area (Å²) in [5, 5.41) is 11.7. The van der Waals surface area contributed by atoms with Crippen molar-refractivity contribution < 1.29 is 4.74 Å². The van der Waals surface area contributed by atoms with Crippen LogP contribution >= 0.6 is 0 Å². The number of nitrogens with zero attached hydrogens (tertiary/aromatic N) is 4. The minimum absolute atomic E-state index is 0.469. The molecule has 1 aliphatic rings. The lowest BCUT2D eigenvalue weighted by Crippen LogP contribution is -2.18. The van der Waals surface area contributed by atoms with Gasteiger partial charge >= 0.3 is 0 Å². The maximum Gasteiger partial charge on any atom is 0.132 e. The monoisotopic (exact) mass is 411 g/mol. The molecule has 1 aliphatic heterocycles. The molecule has 2 aromatic carbocycles. The van der Waals surface area contributed by atoms with Crippen LogP contribution in [0.25, 0.3) is 0 Å². The van der Waals surface area contributed by atoms with E-state index in [1.54, 1.807) is 6.20 Å². The molecule has 0 radical (unpaired) electrons. The molecule has 5 rings (SSSR count). The molecule has 2 aromatic heterocycles. The second-order valence-corrected chi connectivity index (χ2v) is 7.87. The third-order valence-electron chi connectivity index (χ3n) is 5.72. The Morgan fingerprint density at radius 2 is 1.97 bits per heavy atom. The smallest absolute Gasteiger partial charge is 0.132 e. The van der Waals surface area contributed by atoms with Crippen LogP contribution in [-0.4, -0.2) is 19.7 Å². The van der Waals surface area contributed by atoms with Crippen molar-refractivity contribution in [2.45, 2.75) is 38.5 Å². The summed E-state index contributed by atoms with van der Waals surface area (Å²) < 4.78 is 8.06. The standard InChI is InChI=1S/C25H25N5O/c1-2-13-26-23(5-1)17-31-24-6-3-4-19(14-24)15-27-22-10-7-20(8-11-22)21-9-12-25-29-28-18-30(25)16-21/h1-8,10-11,13-14,18,21,27H,9,12,15-17H2/t21-/m1/s1. The van der Waals surface area contributed by atoms with Gasteiger partial charge in [-0.3, -0.25) is 4.98 Å². The number of pyridine rings is 1. The maximum absolute atomic E-state index is 5.89. The molecule has 0 aliphatic carbocycles. The summed E-state index contributed by atoms with van der Waals surface area (Å²) in [6.07, 6.45) is 5.73. The van der Waals surface area contributed by atoms with Crippen molar-refractivity contribution in [3.8, 4) is 5.75 Å². The third-order valence-corrected chi connectivity index (χ3v) is 5.72. The number of ether oxygens (including phenoxy) is 1. The van der Waals surface area contributed by atoms with Crippen LogP contribution in [0.4, 0.5) is 5.69 Å². The van der Waals surface area contributed by atoms with Gasteiger partial charge in [-0.05, 0) is 53.9 Å². The Labute approximate surface area is 181 Å². The van der Waals surface area contributed by atoms with E-state index >= 15 is 0 Å². The Kier molecular flexibility index (Phi) is 5.60. The van der Waals surface area contributed by atoms with Gasteiger partial charge in [0.25, 0.3) is 0 Å². The summed E-state index contributed by atoms with van der Waals surface area (Å²) in [6, 6.07) is 22.8. The van der Waals surface area contributed by atoms with Gasteiger partial charge in [0.15, 0.2) is 0 Å². The number of aryl methyl sites for hydroxylation is 1. The van der Waals surface area contributed by atoms with Gasteiger partial charge in [-0.25, -0.2) is 0 Å². The van der Waals surface area contributed by atoms with E-state index in [4.69, 9.17) is 4.74 Å². The minimum atomic E-state index is 0.469. The Morgan fingerprint density at radius 1 is 1.03 bits per heavy atom. The number of hydrogen-bond acceptors (Lipinski definition) is 5. The topological polar surface area (TPSA) is 64.9 Å². The molecule has 0 spiro atoms. The number of nitrogens with one attached hydrogen (secondary N) is 1. The van der Waals surface area contributed by atoms with Crippen LogP contribution in [0.2, 0.25) is 0 Å². The molecule has 1 atom stereocenters. The van der Waals surface area contributed by atoms with E-state index in [1.807, 2.05) is 36.7 Å². The first-order valence-electron chi connectivity index (χ1n) is 10.7. The van der Waals surface area contributed by atoms with Crippen molar-refractivity contribution in [3.05, 3.63) is 102 Å². The van der Waals surface area contributed by atoms with E-state index in [2.05, 4.69) is 61.5 Å². The molecule has 0 unspecified atom stereocenters. The fraction of sp³-hybridized carbons (Fsp3) is 0.240. The Morgan fingerprint density at radius 3 is 2.84 bits per heavy atom. The lowest BCUT2D eigenvalue weighted by molar-refractivity contribution is 0.301. The first-order chi connectivity index (χ1) is 15.3. The van der Waals surface area contributed by atoms with Crippen molar-refractivity contribution in [2.75, 3.05) is 5.32 Å². The second kappa shape index (κ2) is 9.00. The van der Waals surface area contributed by atoms with Crippen molar-refractivity contribution in [1.29, 1.82) is 0 Å². The average Bonchev–Trinajstić information content (AvgIpc) is 3.31. The number of anilines is 1. The van der Waals surface area contributed by atoms with E-state index in [9.17, 15) is 0 Å². The minimum Gasteiger partial charge on any atom is -0.487 e. The molecule has 6 nitrogen and oxygen atoms in total. The van der Waals surface area contributed by atoms with E-state index < -0.39 is 0 Å². The van der Waals surface area contributed by atoms with E-state index in [-0.39, 0.29) is 0 Å². The van der Waals surface area contributed by atoms with E-state index in [0.717, 1.165) is 48.9 Å². The van der Waals surface area contributed by atoms with Gasteiger partial charge in [0.2, 0.25) is 0 Å². The predicted molar refractivity (Wildman–Crippen MR) is 120 cm³/mol. The lowest BCUT2D eigenvalue weighted by Gasteiger charge is -2.23. The second-order valence-electron chi connectivity index (χ2n) is 7.87. The first kappa shape index (κ1) is 19.3. The third kappa shape index (κ3) is 4.74. The van der Waals surface area contributed by atoms with Crippen LogP contribution in [0.5, 0.6) is 5.75 Å². The van der Waals surface area contributed by atoms with Crippen molar-refractivity contribution in [2.24, 2.45) is 0 Å². The normalized spacial score (nSPS) is 15.3. The molecule has 0 saturated heterocycles. The summed E-state index contributed by atoms with van der Waals surface area (Å²) in [4.78, 5) is 4.30. The molecule has 4 aromatic rings. The summed E-state index contributed by atoms with van der Waals surface area (Å²) in [5.41, 5.74) is 4.58. The molecular weight excluding hydrogens is 386 g/mol. The molecule has 3 heterocycles. The van der Waals surface area contributed by atoms with Crippen molar-refractivity contribution >= 4 is 5.69 Å². The lowest BCUT2D eigenvalue weighted by atomic mass is 9.91. The molecule has 0 fully saturated rings. The molecule has 1 N–H and O–H groups in total. The van der Waals surface area contributed by atoms with Crippen LogP contribution in [0.15, 0.2) is 79.3 Å². The molecule has 0 amide bonds. The van der Waals surface area contributed by atoms with E-state index in [1.165, 1.54) is 11.1 Å². The quantitative estimate of drug-likeness (QED) is 0.482.